The maximum atomic E-state index is 12.5. The molecule has 2 atom stereocenters. The molecule has 0 N–H and O–H groups in total. The lowest BCUT2D eigenvalue weighted by Gasteiger charge is -2.38. The van der Waals surface area contributed by atoms with Crippen molar-refractivity contribution in [2.75, 3.05) is 13.2 Å². The highest BCUT2D eigenvalue weighted by Gasteiger charge is 2.33. The molecule has 3 amide bonds. The van der Waals surface area contributed by atoms with Crippen molar-refractivity contribution in [2.24, 2.45) is 0 Å². The van der Waals surface area contributed by atoms with Crippen molar-refractivity contribution in [3.63, 3.8) is 0 Å². The summed E-state index contributed by atoms with van der Waals surface area (Å²) in [4.78, 5) is 51.8. The van der Waals surface area contributed by atoms with Crippen LogP contribution in [0.4, 0.5) is 0 Å². The predicted octanol–water partition coefficient (Wildman–Crippen LogP) is 1.54. The zero-order valence-corrected chi connectivity index (χ0v) is 15.6. The van der Waals surface area contributed by atoms with E-state index in [1.807, 2.05) is 13.8 Å². The van der Waals surface area contributed by atoms with Gasteiger partial charge in [-0.1, -0.05) is 18.2 Å². The number of likely N-dealkylation sites (tertiary alicyclic amines) is 1. The number of benzene rings is 1. The first-order valence-electron chi connectivity index (χ1n) is 9.28. The van der Waals surface area contributed by atoms with E-state index in [-0.39, 0.29) is 31.0 Å². The van der Waals surface area contributed by atoms with Crippen LogP contribution >= 0.6 is 0 Å². The maximum absolute atomic E-state index is 12.5. The third-order valence-electron chi connectivity index (χ3n) is 5.26. The normalized spacial score (nSPS) is 22.4. The van der Waals surface area contributed by atoms with Gasteiger partial charge in [-0.15, -0.1) is 0 Å². The lowest BCUT2D eigenvalue weighted by atomic mass is 9.97. The fraction of sp³-hybridized carbons (Fsp3) is 0.500. The molecule has 0 aromatic heterocycles. The number of amides is 3. The van der Waals surface area contributed by atoms with E-state index >= 15 is 0 Å². The number of hydrogen-bond donors (Lipinski definition) is 0. The van der Waals surface area contributed by atoms with Gasteiger partial charge in [-0.2, -0.15) is 0 Å². The Labute approximate surface area is 158 Å². The van der Waals surface area contributed by atoms with Gasteiger partial charge in [0, 0.05) is 17.6 Å². The van der Waals surface area contributed by atoms with Crippen LogP contribution in [0.3, 0.4) is 0 Å². The summed E-state index contributed by atoms with van der Waals surface area (Å²) in [7, 11) is 0. The second-order valence-electron chi connectivity index (χ2n) is 7.21. The molecule has 2 heterocycles. The van der Waals surface area contributed by atoms with Gasteiger partial charge in [0.25, 0.3) is 11.8 Å². The van der Waals surface area contributed by atoms with Gasteiger partial charge in [-0.25, -0.2) is 0 Å². The summed E-state index contributed by atoms with van der Waals surface area (Å²) in [5, 5.41) is 0. The summed E-state index contributed by atoms with van der Waals surface area (Å²) in [5.74, 6) is -1.96. The Hall–Kier alpha value is -2.70. The summed E-state index contributed by atoms with van der Waals surface area (Å²) in [6, 6.07) is 7.05. The molecule has 0 aliphatic carbocycles. The highest BCUT2D eigenvalue weighted by atomic mass is 16.5. The van der Waals surface area contributed by atoms with Gasteiger partial charge in [0.1, 0.15) is 6.54 Å². The van der Waals surface area contributed by atoms with E-state index in [2.05, 4.69) is 0 Å². The minimum atomic E-state index is -0.762. The molecule has 1 saturated heterocycles. The maximum Gasteiger partial charge on any atom is 0.326 e. The smallest absolute Gasteiger partial charge is 0.326 e. The van der Waals surface area contributed by atoms with Crippen molar-refractivity contribution in [3.8, 4) is 0 Å². The number of carbonyl (C=O) groups is 4. The lowest BCUT2D eigenvalue weighted by Crippen LogP contribution is -2.49. The molecular weight excluding hydrogens is 348 g/mol. The summed E-state index contributed by atoms with van der Waals surface area (Å²) >= 11 is 0. The third-order valence-corrected chi connectivity index (χ3v) is 5.26. The molecular formula is C20H24N2O5. The minimum Gasteiger partial charge on any atom is -0.454 e. The molecule has 3 rings (SSSR count). The number of hydrogen-bond acceptors (Lipinski definition) is 5. The predicted molar refractivity (Wildman–Crippen MR) is 96.8 cm³/mol. The second-order valence-corrected chi connectivity index (χ2v) is 7.21. The summed E-state index contributed by atoms with van der Waals surface area (Å²) in [6.45, 7) is 3.11. The van der Waals surface area contributed by atoms with Gasteiger partial charge in [-0.3, -0.25) is 24.1 Å². The molecule has 0 radical (unpaired) electrons. The van der Waals surface area contributed by atoms with Crippen LogP contribution in [-0.4, -0.2) is 58.7 Å². The minimum absolute atomic E-state index is 0.0664. The van der Waals surface area contributed by atoms with Crippen LogP contribution in [0.2, 0.25) is 0 Å². The zero-order valence-electron chi connectivity index (χ0n) is 15.6. The van der Waals surface area contributed by atoms with Gasteiger partial charge in [-0.05, 0) is 44.7 Å². The van der Waals surface area contributed by atoms with E-state index in [1.54, 1.807) is 29.2 Å². The molecule has 2 aliphatic rings. The summed E-state index contributed by atoms with van der Waals surface area (Å²) < 4.78 is 5.06. The first-order chi connectivity index (χ1) is 12.9. The molecule has 0 unspecified atom stereocenters. The number of ether oxygens (including phenoxy) is 1. The van der Waals surface area contributed by atoms with Gasteiger partial charge >= 0.3 is 5.97 Å². The van der Waals surface area contributed by atoms with Crippen molar-refractivity contribution in [1.29, 1.82) is 0 Å². The van der Waals surface area contributed by atoms with Crippen LogP contribution in [-0.2, 0) is 25.5 Å². The zero-order chi connectivity index (χ0) is 19.6. The molecule has 1 fully saturated rings. The van der Waals surface area contributed by atoms with E-state index in [0.29, 0.717) is 11.1 Å². The molecule has 7 nitrogen and oxygen atoms in total. The largest absolute Gasteiger partial charge is 0.454 e. The fourth-order valence-corrected chi connectivity index (χ4v) is 3.86. The highest BCUT2D eigenvalue weighted by molar-refractivity contribution is 6.11. The number of rotatable bonds is 4. The number of nitrogens with zero attached hydrogens (tertiary/aromatic N) is 2. The van der Waals surface area contributed by atoms with Crippen LogP contribution in [0.1, 0.15) is 49.0 Å². The number of carbonyl (C=O) groups excluding carboxylic acids is 4. The molecule has 27 heavy (non-hydrogen) atoms. The van der Waals surface area contributed by atoms with Gasteiger partial charge in [0.15, 0.2) is 6.61 Å². The van der Waals surface area contributed by atoms with Gasteiger partial charge in [0.2, 0.25) is 5.91 Å². The van der Waals surface area contributed by atoms with Crippen LogP contribution in [0.15, 0.2) is 24.3 Å². The van der Waals surface area contributed by atoms with E-state index in [4.69, 9.17) is 4.74 Å². The summed E-state index contributed by atoms with van der Waals surface area (Å²) in [6.07, 6.45) is 3.00. The van der Waals surface area contributed by atoms with Gasteiger partial charge < -0.3 is 9.64 Å². The first-order valence-corrected chi connectivity index (χ1v) is 9.28. The Balaban J connectivity index is 1.57. The van der Waals surface area contributed by atoms with E-state index in [9.17, 15) is 19.2 Å². The molecule has 144 valence electrons. The highest BCUT2D eigenvalue weighted by Crippen LogP contribution is 2.23. The number of imide groups is 1. The lowest BCUT2D eigenvalue weighted by molar-refractivity contribution is -0.156. The van der Waals surface area contributed by atoms with Crippen LogP contribution in [0.25, 0.3) is 0 Å². The fourth-order valence-electron chi connectivity index (χ4n) is 3.86. The SMILES string of the molecule is C[C@@H]1CCC[C@@H](C)N1C(=O)COC(=O)CN1C(=O)Cc2ccccc2C1=O. The Morgan fingerprint density at radius 2 is 1.78 bits per heavy atom. The topological polar surface area (TPSA) is 84.0 Å². The average Bonchev–Trinajstić information content (AvgIpc) is 2.63. The Morgan fingerprint density at radius 3 is 2.48 bits per heavy atom. The van der Waals surface area contributed by atoms with Gasteiger partial charge in [0.05, 0.1) is 6.42 Å². The molecule has 0 saturated carbocycles. The third kappa shape index (κ3) is 4.02. The van der Waals surface area contributed by atoms with Crippen molar-refractivity contribution in [1.82, 2.24) is 9.80 Å². The molecule has 1 aromatic carbocycles. The van der Waals surface area contributed by atoms with Crippen LogP contribution < -0.4 is 0 Å². The summed E-state index contributed by atoms with van der Waals surface area (Å²) in [5.41, 5.74) is 1.07. The Kier molecular flexibility index (Phi) is 5.58. The van der Waals surface area contributed by atoms with Crippen molar-refractivity contribution in [3.05, 3.63) is 35.4 Å². The van der Waals surface area contributed by atoms with Crippen molar-refractivity contribution >= 4 is 23.7 Å². The molecule has 0 bridgehead atoms. The first kappa shape index (κ1) is 19.1. The monoisotopic (exact) mass is 372 g/mol. The van der Waals surface area contributed by atoms with Crippen LogP contribution in [0, 0.1) is 0 Å². The standard InChI is InChI=1S/C20H24N2O5/c1-13-6-5-7-14(2)22(13)18(24)12-27-19(25)11-21-17(23)10-15-8-3-4-9-16(15)20(21)26/h3-4,8-9,13-14H,5-7,10-12H2,1-2H3/t13-,14-/m1/s1. The average molecular weight is 372 g/mol. The second kappa shape index (κ2) is 7.90. The molecule has 1 aromatic rings. The van der Waals surface area contributed by atoms with Crippen molar-refractivity contribution in [2.45, 2.75) is 51.6 Å². The molecule has 0 spiro atoms. The van der Waals surface area contributed by atoms with Crippen LogP contribution in [0.5, 0.6) is 0 Å². The Bertz CT molecular complexity index is 765. The number of esters is 1. The number of piperidine rings is 1. The van der Waals surface area contributed by atoms with E-state index in [0.717, 1.165) is 24.2 Å². The molecule has 7 heteroatoms. The van der Waals surface area contributed by atoms with E-state index in [1.165, 1.54) is 0 Å². The number of fused-ring (bicyclic) bond motifs is 1. The molecule has 2 aliphatic heterocycles. The quantitative estimate of drug-likeness (QED) is 0.591. The Morgan fingerprint density at radius 1 is 1.11 bits per heavy atom. The van der Waals surface area contributed by atoms with E-state index < -0.39 is 24.3 Å². The van der Waals surface area contributed by atoms with Crippen molar-refractivity contribution < 1.29 is 23.9 Å².